The van der Waals surface area contributed by atoms with Crippen molar-refractivity contribution in [2.24, 2.45) is 0 Å². The Labute approximate surface area is 117 Å². The number of amides is 2. The number of nitriles is 1. The lowest BCUT2D eigenvalue weighted by molar-refractivity contribution is -0.148. The Morgan fingerprint density at radius 2 is 2.00 bits per heavy atom. The Kier molecular flexibility index (Phi) is 4.72. The molecule has 0 radical (unpaired) electrons. The first-order chi connectivity index (χ1) is 9.70. The van der Waals surface area contributed by atoms with Crippen LogP contribution in [0.15, 0.2) is 24.3 Å². The molecule has 0 N–H and O–H groups in total. The number of benzene rings is 1. The number of hydrogen-bond acceptors (Lipinski definition) is 4. The molecule has 1 fully saturated rings. The number of likely N-dealkylation sites (tertiary alicyclic amines) is 1. The Morgan fingerprint density at radius 3 is 2.70 bits per heavy atom. The largest absolute Gasteiger partial charge is 0.493 e. The number of nitrogens with zero attached hydrogens (tertiary/aromatic N) is 2. The van der Waals surface area contributed by atoms with E-state index in [9.17, 15) is 9.59 Å². The van der Waals surface area contributed by atoms with E-state index in [2.05, 4.69) is 0 Å². The zero-order chi connectivity index (χ0) is 14.4. The molecule has 0 spiro atoms. The molecule has 0 atom stereocenters. The van der Waals surface area contributed by atoms with E-state index in [4.69, 9.17) is 10.00 Å². The summed E-state index contributed by atoms with van der Waals surface area (Å²) in [4.78, 5) is 24.5. The lowest BCUT2D eigenvalue weighted by atomic mass is 10.1. The van der Waals surface area contributed by atoms with Crippen molar-refractivity contribution in [3.8, 4) is 11.8 Å². The summed E-state index contributed by atoms with van der Waals surface area (Å²) in [6.07, 6.45) is 2.16. The molecular formula is C15H16N2O3. The van der Waals surface area contributed by atoms with Crippen LogP contribution >= 0.6 is 0 Å². The van der Waals surface area contributed by atoms with E-state index in [1.165, 1.54) is 4.90 Å². The van der Waals surface area contributed by atoms with Gasteiger partial charge in [-0.05, 0) is 31.0 Å². The summed E-state index contributed by atoms with van der Waals surface area (Å²) in [6, 6.07) is 8.95. The molecule has 2 rings (SSSR count). The monoisotopic (exact) mass is 272 g/mol. The fourth-order valence-electron chi connectivity index (χ4n) is 2.12. The predicted octanol–water partition coefficient (Wildman–Crippen LogP) is 1.87. The van der Waals surface area contributed by atoms with E-state index in [1.807, 2.05) is 6.07 Å². The minimum atomic E-state index is -0.0901. The first-order valence-electron chi connectivity index (χ1n) is 6.67. The highest BCUT2D eigenvalue weighted by molar-refractivity contribution is 5.97. The van der Waals surface area contributed by atoms with Gasteiger partial charge in [0, 0.05) is 19.4 Å². The molecule has 104 valence electrons. The van der Waals surface area contributed by atoms with Crippen LogP contribution in [0.2, 0.25) is 0 Å². The van der Waals surface area contributed by atoms with Crippen molar-refractivity contribution in [3.05, 3.63) is 29.8 Å². The summed E-state index contributed by atoms with van der Waals surface area (Å²) in [5.74, 6) is 0.445. The van der Waals surface area contributed by atoms with Gasteiger partial charge in [-0.15, -0.1) is 0 Å². The number of carbonyl (C=O) groups is 2. The Bertz CT molecular complexity index is 532. The summed E-state index contributed by atoms with van der Waals surface area (Å²) in [5.41, 5.74) is 0.545. The highest BCUT2D eigenvalue weighted by Gasteiger charge is 2.24. The van der Waals surface area contributed by atoms with Gasteiger partial charge in [0.1, 0.15) is 5.75 Å². The molecule has 0 bridgehead atoms. The van der Waals surface area contributed by atoms with Gasteiger partial charge in [0.05, 0.1) is 18.2 Å². The van der Waals surface area contributed by atoms with Crippen LogP contribution in [-0.2, 0) is 9.59 Å². The van der Waals surface area contributed by atoms with Crippen molar-refractivity contribution in [2.45, 2.75) is 25.7 Å². The van der Waals surface area contributed by atoms with Gasteiger partial charge >= 0.3 is 0 Å². The van der Waals surface area contributed by atoms with Crippen LogP contribution in [0.3, 0.4) is 0 Å². The highest BCUT2D eigenvalue weighted by atomic mass is 16.5. The fourth-order valence-corrected chi connectivity index (χ4v) is 2.12. The second kappa shape index (κ2) is 6.71. The zero-order valence-electron chi connectivity index (χ0n) is 11.2. The number of imide groups is 1. The smallest absolute Gasteiger partial charge is 0.229 e. The van der Waals surface area contributed by atoms with Crippen LogP contribution in [0.4, 0.5) is 0 Å². The maximum atomic E-state index is 11.6. The second-order valence-electron chi connectivity index (χ2n) is 4.63. The molecule has 5 nitrogen and oxygen atoms in total. The van der Waals surface area contributed by atoms with Gasteiger partial charge in [-0.2, -0.15) is 5.26 Å². The maximum absolute atomic E-state index is 11.6. The fraction of sp³-hybridized carbons (Fsp3) is 0.400. The standard InChI is InChI=1S/C15H16N2O3/c16-11-12-4-1-5-13(10-12)20-9-3-8-17-14(18)6-2-7-15(17)19/h1,4-5,10H,2-3,6-9H2. The maximum Gasteiger partial charge on any atom is 0.229 e. The molecule has 0 aliphatic carbocycles. The van der Waals surface area contributed by atoms with Crippen molar-refractivity contribution in [1.82, 2.24) is 4.90 Å². The van der Waals surface area contributed by atoms with Crippen LogP contribution in [0.5, 0.6) is 5.75 Å². The van der Waals surface area contributed by atoms with Crippen LogP contribution in [0.25, 0.3) is 0 Å². The molecule has 0 unspecified atom stereocenters. The molecule has 1 saturated heterocycles. The minimum Gasteiger partial charge on any atom is -0.493 e. The molecule has 1 aliphatic heterocycles. The normalized spacial score (nSPS) is 15.1. The molecule has 1 heterocycles. The highest BCUT2D eigenvalue weighted by Crippen LogP contribution is 2.14. The van der Waals surface area contributed by atoms with Gasteiger partial charge in [0.2, 0.25) is 11.8 Å². The third-order valence-corrected chi connectivity index (χ3v) is 3.14. The molecule has 0 aromatic heterocycles. The van der Waals surface area contributed by atoms with Crippen molar-refractivity contribution in [2.75, 3.05) is 13.2 Å². The lowest BCUT2D eigenvalue weighted by Gasteiger charge is -2.24. The molecule has 20 heavy (non-hydrogen) atoms. The van der Waals surface area contributed by atoms with Gasteiger partial charge < -0.3 is 4.74 Å². The SMILES string of the molecule is N#Cc1cccc(OCCCN2C(=O)CCCC2=O)c1. The van der Waals surface area contributed by atoms with Crippen LogP contribution in [0.1, 0.15) is 31.2 Å². The lowest BCUT2D eigenvalue weighted by Crippen LogP contribution is -2.41. The zero-order valence-corrected chi connectivity index (χ0v) is 11.2. The molecule has 1 aromatic carbocycles. The Hall–Kier alpha value is -2.35. The first kappa shape index (κ1) is 14.1. The summed E-state index contributed by atoms with van der Waals surface area (Å²) in [7, 11) is 0. The van der Waals surface area contributed by atoms with Gasteiger partial charge in [0.15, 0.2) is 0 Å². The molecule has 1 aromatic rings. The van der Waals surface area contributed by atoms with Gasteiger partial charge in [-0.3, -0.25) is 14.5 Å². The van der Waals surface area contributed by atoms with E-state index < -0.39 is 0 Å². The third-order valence-electron chi connectivity index (χ3n) is 3.14. The molecule has 2 amide bonds. The second-order valence-corrected chi connectivity index (χ2v) is 4.63. The quantitative estimate of drug-likeness (QED) is 0.606. The number of ether oxygens (including phenoxy) is 1. The van der Waals surface area contributed by atoms with E-state index in [-0.39, 0.29) is 11.8 Å². The van der Waals surface area contributed by atoms with E-state index in [0.717, 1.165) is 0 Å². The van der Waals surface area contributed by atoms with E-state index in [0.29, 0.717) is 50.1 Å². The average Bonchev–Trinajstić information content (AvgIpc) is 2.46. The van der Waals surface area contributed by atoms with Crippen LogP contribution in [-0.4, -0.2) is 29.9 Å². The Balaban J connectivity index is 1.77. The number of hydrogen-bond donors (Lipinski definition) is 0. The predicted molar refractivity (Wildman–Crippen MR) is 71.8 cm³/mol. The van der Waals surface area contributed by atoms with Gasteiger partial charge in [-0.25, -0.2) is 0 Å². The molecule has 5 heteroatoms. The van der Waals surface area contributed by atoms with E-state index in [1.54, 1.807) is 24.3 Å². The number of rotatable bonds is 5. The number of carbonyl (C=O) groups excluding carboxylic acids is 2. The van der Waals surface area contributed by atoms with Gasteiger partial charge in [0.25, 0.3) is 0 Å². The molecular weight excluding hydrogens is 256 g/mol. The van der Waals surface area contributed by atoms with Crippen molar-refractivity contribution >= 4 is 11.8 Å². The molecule has 0 saturated carbocycles. The molecule has 1 aliphatic rings. The van der Waals surface area contributed by atoms with Gasteiger partial charge in [-0.1, -0.05) is 6.07 Å². The average molecular weight is 272 g/mol. The topological polar surface area (TPSA) is 70.4 Å². The first-order valence-corrected chi connectivity index (χ1v) is 6.67. The van der Waals surface area contributed by atoms with Crippen LogP contribution in [0, 0.1) is 11.3 Å². The summed E-state index contributed by atoms with van der Waals surface area (Å²) < 4.78 is 5.51. The number of piperidine rings is 1. The van der Waals surface area contributed by atoms with Crippen LogP contribution < -0.4 is 4.74 Å². The summed E-state index contributed by atoms with van der Waals surface area (Å²) in [6.45, 7) is 0.807. The summed E-state index contributed by atoms with van der Waals surface area (Å²) >= 11 is 0. The van der Waals surface area contributed by atoms with Crippen molar-refractivity contribution < 1.29 is 14.3 Å². The third kappa shape index (κ3) is 3.58. The summed E-state index contributed by atoms with van der Waals surface area (Å²) in [5, 5.41) is 8.77. The van der Waals surface area contributed by atoms with E-state index >= 15 is 0 Å². The van der Waals surface area contributed by atoms with Crippen molar-refractivity contribution in [3.63, 3.8) is 0 Å². The Morgan fingerprint density at radius 1 is 1.25 bits per heavy atom. The van der Waals surface area contributed by atoms with Crippen molar-refractivity contribution in [1.29, 1.82) is 5.26 Å². The minimum absolute atomic E-state index is 0.0901.